The highest BCUT2D eigenvalue weighted by molar-refractivity contribution is 6.30. The van der Waals surface area contributed by atoms with Gasteiger partial charge in [-0.2, -0.15) is 0 Å². The molecule has 0 spiro atoms. The molecule has 1 atom stereocenters. The van der Waals surface area contributed by atoms with Crippen LogP contribution in [0.1, 0.15) is 32.3 Å². The van der Waals surface area contributed by atoms with Gasteiger partial charge in [0, 0.05) is 31.6 Å². The molecule has 1 aromatic rings. The van der Waals surface area contributed by atoms with E-state index in [1.54, 1.807) is 12.4 Å². The quantitative estimate of drug-likeness (QED) is 0.752. The monoisotopic (exact) mass is 408 g/mol. The van der Waals surface area contributed by atoms with Gasteiger partial charge in [-0.25, -0.2) is 0 Å². The molecule has 4 heterocycles. The van der Waals surface area contributed by atoms with E-state index in [2.05, 4.69) is 27.7 Å². The van der Waals surface area contributed by atoms with Gasteiger partial charge in [-0.3, -0.25) is 9.79 Å². The number of carbonyl (C=O) groups excluding carboxylic acids is 1. The summed E-state index contributed by atoms with van der Waals surface area (Å²) in [6.45, 7) is 5.37. The van der Waals surface area contributed by atoms with Crippen LogP contribution in [0.4, 0.5) is 11.4 Å². The van der Waals surface area contributed by atoms with Crippen LogP contribution < -0.4 is 10.6 Å². The Morgan fingerprint density at radius 1 is 1.30 bits per heavy atom. The van der Waals surface area contributed by atoms with Gasteiger partial charge in [-0.15, -0.1) is 10.0 Å². The predicted molar refractivity (Wildman–Crippen MR) is 116 cm³/mol. The third kappa shape index (κ3) is 2.89. The van der Waals surface area contributed by atoms with Crippen molar-refractivity contribution < 1.29 is 14.2 Å². The number of amidine groups is 1. The third-order valence-corrected chi connectivity index (χ3v) is 6.32. The summed E-state index contributed by atoms with van der Waals surface area (Å²) in [6.07, 6.45) is 7.35. The van der Waals surface area contributed by atoms with E-state index in [1.165, 1.54) is 0 Å². The fourth-order valence-corrected chi connectivity index (χ4v) is 4.36. The molecule has 1 amide bonds. The molecule has 0 saturated carbocycles. The van der Waals surface area contributed by atoms with Crippen molar-refractivity contribution in [2.45, 2.75) is 38.1 Å². The van der Waals surface area contributed by atoms with Crippen molar-refractivity contribution in [3.8, 4) is 0 Å². The van der Waals surface area contributed by atoms with E-state index in [-0.39, 0.29) is 10.6 Å². The molecule has 0 radical (unpaired) electrons. The number of quaternary nitrogens is 1. The minimum absolute atomic E-state index is 0.00849. The zero-order valence-electron chi connectivity index (χ0n) is 17.4. The molecule has 1 fully saturated rings. The second-order valence-corrected chi connectivity index (χ2v) is 8.50. The first kappa shape index (κ1) is 19.1. The zero-order valence-corrected chi connectivity index (χ0v) is 17.4. The number of guanidine groups is 1. The largest absolute Gasteiger partial charge is 0.381 e. The van der Waals surface area contributed by atoms with Crippen molar-refractivity contribution in [3.05, 3.63) is 36.2 Å². The number of ether oxygens (including phenoxy) is 1. The van der Waals surface area contributed by atoms with E-state index in [9.17, 15) is 4.79 Å². The molecule has 9 nitrogen and oxygen atoms in total. The number of hydrogen-bond donors (Lipinski definition) is 2. The van der Waals surface area contributed by atoms with Gasteiger partial charge in [0.1, 0.15) is 6.21 Å². The standard InChI is InChI=1S/C21H25N7O2/c1-21(2)16-5-4-14(12-17(16)24-19(21)29)23-20-25-18-13-22-8-9-28(18,26-20)27(3)15-6-10-30-11-7-15/h4-5,8-9,12-13,15H,6-7,10-11H2,1-3H3,(H-,23,24,26,29)/p+1. The minimum Gasteiger partial charge on any atom is -0.381 e. The van der Waals surface area contributed by atoms with Crippen molar-refractivity contribution in [2.75, 3.05) is 30.9 Å². The van der Waals surface area contributed by atoms with Crippen molar-refractivity contribution in [3.63, 3.8) is 0 Å². The lowest BCUT2D eigenvalue weighted by Crippen LogP contribution is -2.59. The van der Waals surface area contributed by atoms with E-state index in [4.69, 9.17) is 14.8 Å². The van der Waals surface area contributed by atoms with Gasteiger partial charge in [-0.1, -0.05) is 6.07 Å². The number of amides is 1. The van der Waals surface area contributed by atoms with Crippen LogP contribution in [0.25, 0.3) is 0 Å². The van der Waals surface area contributed by atoms with Gasteiger partial charge >= 0.3 is 5.84 Å². The first-order chi connectivity index (χ1) is 14.4. The molecular formula is C21H26N7O2+. The van der Waals surface area contributed by atoms with Crippen molar-refractivity contribution in [1.82, 2.24) is 5.01 Å². The molecule has 9 heteroatoms. The SMILES string of the molecule is CN(C1CCOCC1)[N+]12C=CN=CC1=NC(Nc1ccc3c(c1)NC(=O)C3(C)C)=N2. The normalized spacial score (nSPS) is 26.9. The molecule has 5 rings (SSSR count). The van der Waals surface area contributed by atoms with Gasteiger partial charge in [-0.05, 0) is 54.2 Å². The summed E-state index contributed by atoms with van der Waals surface area (Å²) in [5, 5.41) is 13.4. The zero-order chi connectivity index (χ0) is 20.9. The van der Waals surface area contributed by atoms with Crippen LogP contribution >= 0.6 is 0 Å². The highest BCUT2D eigenvalue weighted by atomic mass is 16.5. The van der Waals surface area contributed by atoms with E-state index in [0.717, 1.165) is 48.8 Å². The maximum atomic E-state index is 12.2. The molecule has 1 unspecified atom stereocenters. The molecule has 0 aromatic heterocycles. The fourth-order valence-electron chi connectivity index (χ4n) is 4.36. The maximum absolute atomic E-state index is 12.2. The number of benzene rings is 1. The summed E-state index contributed by atoms with van der Waals surface area (Å²) in [5.74, 6) is 1.25. The Kier molecular flexibility index (Phi) is 4.35. The van der Waals surface area contributed by atoms with Gasteiger partial charge in [0.25, 0.3) is 5.96 Å². The summed E-state index contributed by atoms with van der Waals surface area (Å²) in [6, 6.07) is 6.20. The number of hydrogen-bond acceptors (Lipinski definition) is 7. The van der Waals surface area contributed by atoms with Crippen LogP contribution in [-0.2, 0) is 14.9 Å². The average molecular weight is 408 g/mol. The molecule has 0 aliphatic carbocycles. The average Bonchev–Trinajstić information content (AvgIpc) is 3.22. The number of anilines is 2. The lowest BCUT2D eigenvalue weighted by atomic mass is 9.86. The second kappa shape index (κ2) is 6.83. The summed E-state index contributed by atoms with van der Waals surface area (Å²) < 4.78 is 5.68. The van der Waals surface area contributed by atoms with Gasteiger partial charge in [0.05, 0.1) is 17.7 Å². The maximum Gasteiger partial charge on any atom is 0.301 e. The van der Waals surface area contributed by atoms with Crippen LogP contribution in [-0.4, -0.2) is 59.9 Å². The first-order valence-corrected chi connectivity index (χ1v) is 10.2. The first-order valence-electron chi connectivity index (χ1n) is 10.2. The summed E-state index contributed by atoms with van der Waals surface area (Å²) in [5.41, 5.74) is 2.11. The van der Waals surface area contributed by atoms with Crippen molar-refractivity contribution >= 4 is 35.3 Å². The number of aliphatic imine (C=N–C) groups is 2. The minimum atomic E-state index is -0.525. The summed E-state index contributed by atoms with van der Waals surface area (Å²) in [7, 11) is 2.06. The Labute approximate surface area is 175 Å². The Balaban J connectivity index is 1.43. The van der Waals surface area contributed by atoms with E-state index in [1.807, 2.05) is 38.2 Å². The summed E-state index contributed by atoms with van der Waals surface area (Å²) >= 11 is 0. The molecule has 156 valence electrons. The Hall–Kier alpha value is -2.88. The second-order valence-electron chi connectivity index (χ2n) is 8.50. The lowest BCUT2D eigenvalue weighted by Gasteiger charge is -2.38. The molecule has 30 heavy (non-hydrogen) atoms. The van der Waals surface area contributed by atoms with Crippen LogP contribution in [0.15, 0.2) is 45.7 Å². The Morgan fingerprint density at radius 2 is 2.10 bits per heavy atom. The molecule has 0 bridgehead atoms. The van der Waals surface area contributed by atoms with E-state index in [0.29, 0.717) is 12.0 Å². The van der Waals surface area contributed by atoms with Gasteiger partial charge in [0.2, 0.25) is 5.91 Å². The molecule has 1 aromatic carbocycles. The third-order valence-electron chi connectivity index (χ3n) is 6.32. The number of rotatable bonds is 3. The van der Waals surface area contributed by atoms with Crippen LogP contribution in [0.3, 0.4) is 0 Å². The number of carbonyl (C=O) groups is 1. The predicted octanol–water partition coefficient (Wildman–Crippen LogP) is 2.41. The van der Waals surface area contributed by atoms with E-state index < -0.39 is 5.41 Å². The topological polar surface area (TPSA) is 90.7 Å². The molecule has 2 N–H and O–H groups in total. The molecule has 4 aliphatic heterocycles. The molecule has 1 saturated heterocycles. The van der Waals surface area contributed by atoms with Gasteiger partial charge < -0.3 is 15.4 Å². The number of nitrogens with one attached hydrogen (secondary N) is 2. The smallest absolute Gasteiger partial charge is 0.301 e. The van der Waals surface area contributed by atoms with Crippen molar-refractivity contribution in [2.24, 2.45) is 15.1 Å². The Bertz CT molecular complexity index is 1020. The highest BCUT2D eigenvalue weighted by Crippen LogP contribution is 2.39. The lowest BCUT2D eigenvalue weighted by molar-refractivity contribution is -0.919. The van der Waals surface area contributed by atoms with Crippen LogP contribution in [0, 0.1) is 0 Å². The van der Waals surface area contributed by atoms with Crippen LogP contribution in [0.5, 0.6) is 0 Å². The van der Waals surface area contributed by atoms with Crippen molar-refractivity contribution in [1.29, 1.82) is 0 Å². The Morgan fingerprint density at radius 3 is 2.90 bits per heavy atom. The summed E-state index contributed by atoms with van der Waals surface area (Å²) in [4.78, 5) is 21.2. The highest BCUT2D eigenvalue weighted by Gasteiger charge is 2.48. The number of nitrogens with zero attached hydrogens (tertiary/aromatic N) is 5. The fraction of sp³-hybridized carbons (Fsp3) is 0.429. The van der Waals surface area contributed by atoms with Gasteiger partial charge in [0.15, 0.2) is 6.20 Å². The number of fused-ring (bicyclic) bond motifs is 2. The molecule has 4 aliphatic rings. The van der Waals surface area contributed by atoms with E-state index >= 15 is 0 Å². The molecular weight excluding hydrogens is 382 g/mol. The van der Waals surface area contributed by atoms with Crippen LogP contribution in [0.2, 0.25) is 0 Å².